The second-order valence-corrected chi connectivity index (χ2v) is 8.29. The first kappa shape index (κ1) is 23.7. The van der Waals surface area contributed by atoms with Gasteiger partial charge in [-0.25, -0.2) is 13.4 Å². The van der Waals surface area contributed by atoms with Crippen LogP contribution < -0.4 is 9.46 Å². The maximum absolute atomic E-state index is 13.1. The molecule has 5 nitrogen and oxygen atoms in total. The normalized spacial score (nSPS) is 12.5. The Morgan fingerprint density at radius 2 is 1.53 bits per heavy atom. The molecule has 3 aromatic rings. The number of sulfonamides is 1. The van der Waals surface area contributed by atoms with Crippen LogP contribution in [0.2, 0.25) is 5.02 Å². The second-order valence-electron chi connectivity index (χ2n) is 6.23. The number of anilines is 1. The van der Waals surface area contributed by atoms with Crippen LogP contribution in [0.25, 0.3) is 0 Å². The Hall–Kier alpha value is -2.99. The molecule has 0 saturated heterocycles. The first-order valence-electron chi connectivity index (χ1n) is 8.47. The smallest absolute Gasteiger partial charge is 0.417 e. The predicted octanol–water partition coefficient (Wildman–Crippen LogP) is 6.37. The Labute approximate surface area is 182 Å². The van der Waals surface area contributed by atoms with Crippen LogP contribution in [-0.2, 0) is 22.4 Å². The molecule has 0 radical (unpaired) electrons. The third kappa shape index (κ3) is 5.43. The molecule has 0 aliphatic rings. The van der Waals surface area contributed by atoms with Gasteiger partial charge in [0.25, 0.3) is 10.0 Å². The van der Waals surface area contributed by atoms with Gasteiger partial charge in [-0.3, -0.25) is 4.72 Å². The van der Waals surface area contributed by atoms with Gasteiger partial charge in [0.15, 0.2) is 0 Å². The molecular formula is C19H11ClF6N2O3S. The van der Waals surface area contributed by atoms with Gasteiger partial charge in [-0.05, 0) is 42.5 Å². The van der Waals surface area contributed by atoms with E-state index in [1.807, 2.05) is 4.72 Å². The summed E-state index contributed by atoms with van der Waals surface area (Å²) in [6.45, 7) is 0. The Morgan fingerprint density at radius 3 is 2.09 bits per heavy atom. The Kier molecular flexibility index (Phi) is 6.29. The summed E-state index contributed by atoms with van der Waals surface area (Å²) in [5, 5.41) is -0.409. The number of benzene rings is 2. The number of hydrogen-bond acceptors (Lipinski definition) is 4. The zero-order valence-corrected chi connectivity index (χ0v) is 17.1. The highest BCUT2D eigenvalue weighted by atomic mass is 35.5. The van der Waals surface area contributed by atoms with Crippen molar-refractivity contribution in [3.05, 3.63) is 76.9 Å². The molecule has 3 rings (SSSR count). The zero-order valence-electron chi connectivity index (χ0n) is 15.5. The van der Waals surface area contributed by atoms with E-state index in [9.17, 15) is 34.8 Å². The maximum atomic E-state index is 13.1. The minimum Gasteiger partial charge on any atom is -0.438 e. The number of ether oxygens (including phenoxy) is 1. The van der Waals surface area contributed by atoms with Crippen LogP contribution in [0.1, 0.15) is 11.1 Å². The van der Waals surface area contributed by atoms with Gasteiger partial charge in [0.05, 0.1) is 16.0 Å². The van der Waals surface area contributed by atoms with E-state index < -0.39 is 43.4 Å². The molecule has 13 heteroatoms. The highest BCUT2D eigenvalue weighted by Gasteiger charge is 2.37. The molecular weight excluding hydrogens is 486 g/mol. The quantitative estimate of drug-likeness (QED) is 0.417. The third-order valence-corrected chi connectivity index (χ3v) is 5.65. The molecule has 170 valence electrons. The van der Waals surface area contributed by atoms with Crippen molar-refractivity contribution >= 4 is 27.3 Å². The van der Waals surface area contributed by atoms with Crippen molar-refractivity contribution in [3.63, 3.8) is 0 Å². The lowest BCUT2D eigenvalue weighted by Crippen LogP contribution is -2.18. The van der Waals surface area contributed by atoms with Crippen molar-refractivity contribution in [3.8, 4) is 11.6 Å². The fourth-order valence-corrected chi connectivity index (χ4v) is 4.00. The average Bonchev–Trinajstić information content (AvgIpc) is 2.69. The zero-order chi connectivity index (χ0) is 23.7. The fraction of sp³-hybridized carbons (Fsp3) is 0.105. The summed E-state index contributed by atoms with van der Waals surface area (Å²) < 4.78 is 110. The molecule has 0 amide bonds. The molecule has 1 aromatic heterocycles. The number of halogens is 7. The molecule has 0 atom stereocenters. The summed E-state index contributed by atoms with van der Waals surface area (Å²) >= 11 is 5.75. The van der Waals surface area contributed by atoms with E-state index in [-0.39, 0.29) is 17.3 Å². The average molecular weight is 497 g/mol. The highest BCUT2D eigenvalue weighted by molar-refractivity contribution is 7.92. The van der Waals surface area contributed by atoms with E-state index >= 15 is 0 Å². The summed E-state index contributed by atoms with van der Waals surface area (Å²) in [4.78, 5) is 2.55. The lowest BCUT2D eigenvalue weighted by atomic mass is 10.2. The van der Waals surface area contributed by atoms with Crippen molar-refractivity contribution in [1.29, 1.82) is 0 Å². The van der Waals surface area contributed by atoms with E-state index in [2.05, 4.69) is 4.98 Å². The van der Waals surface area contributed by atoms with Crippen LogP contribution in [0.4, 0.5) is 32.0 Å². The number of alkyl halides is 6. The SMILES string of the molecule is O=S(=O)(Nc1ccc(Oc2ncc(C(F)(F)F)cc2Cl)cc1)c1ccccc1C(F)(F)F. The van der Waals surface area contributed by atoms with Crippen LogP contribution >= 0.6 is 11.6 Å². The van der Waals surface area contributed by atoms with Gasteiger partial charge in [-0.2, -0.15) is 26.3 Å². The topological polar surface area (TPSA) is 68.3 Å². The monoisotopic (exact) mass is 496 g/mol. The van der Waals surface area contributed by atoms with E-state index in [0.717, 1.165) is 18.2 Å². The van der Waals surface area contributed by atoms with Crippen LogP contribution in [0.15, 0.2) is 65.7 Å². The number of pyridine rings is 1. The minimum absolute atomic E-state index is 0.0396. The van der Waals surface area contributed by atoms with Crippen LogP contribution in [0.3, 0.4) is 0 Å². The summed E-state index contributed by atoms with van der Waals surface area (Å²) in [5.74, 6) is -0.287. The van der Waals surface area contributed by atoms with Gasteiger partial charge in [-0.15, -0.1) is 0 Å². The molecule has 1 N–H and O–H groups in total. The molecule has 0 saturated carbocycles. The van der Waals surface area contributed by atoms with Gasteiger partial charge < -0.3 is 4.74 Å². The lowest BCUT2D eigenvalue weighted by molar-refractivity contribution is -0.140. The van der Waals surface area contributed by atoms with Crippen LogP contribution in [0.5, 0.6) is 11.6 Å². The largest absolute Gasteiger partial charge is 0.438 e. The van der Waals surface area contributed by atoms with Crippen LogP contribution in [0, 0.1) is 0 Å². The van der Waals surface area contributed by atoms with Gasteiger partial charge in [0.2, 0.25) is 5.88 Å². The van der Waals surface area contributed by atoms with Crippen molar-refractivity contribution < 1.29 is 39.5 Å². The fourth-order valence-electron chi connectivity index (χ4n) is 2.50. The number of rotatable bonds is 5. The molecule has 2 aromatic carbocycles. The molecule has 0 fully saturated rings. The van der Waals surface area contributed by atoms with Crippen LogP contribution in [-0.4, -0.2) is 13.4 Å². The Morgan fingerprint density at radius 1 is 0.906 bits per heavy atom. The van der Waals surface area contributed by atoms with Gasteiger partial charge in [-0.1, -0.05) is 23.7 Å². The second kappa shape index (κ2) is 8.51. The van der Waals surface area contributed by atoms with E-state index in [0.29, 0.717) is 18.3 Å². The van der Waals surface area contributed by atoms with Gasteiger partial charge in [0.1, 0.15) is 10.8 Å². The summed E-state index contributed by atoms with van der Waals surface area (Å²) in [5.41, 5.74) is -2.48. The first-order chi connectivity index (χ1) is 14.8. The number of nitrogens with one attached hydrogen (secondary N) is 1. The summed E-state index contributed by atoms with van der Waals surface area (Å²) in [7, 11) is -4.58. The van der Waals surface area contributed by atoms with E-state index in [1.54, 1.807) is 0 Å². The molecule has 0 aliphatic carbocycles. The molecule has 32 heavy (non-hydrogen) atoms. The molecule has 0 aliphatic heterocycles. The van der Waals surface area contributed by atoms with Gasteiger partial charge >= 0.3 is 12.4 Å². The third-order valence-electron chi connectivity index (χ3n) is 3.94. The Balaban J connectivity index is 1.79. The van der Waals surface area contributed by atoms with E-state index in [1.165, 1.54) is 24.3 Å². The van der Waals surface area contributed by atoms with Crippen molar-refractivity contribution in [2.24, 2.45) is 0 Å². The molecule has 0 unspecified atom stereocenters. The minimum atomic E-state index is -4.88. The summed E-state index contributed by atoms with van der Waals surface area (Å²) in [6, 6.07) is 9.13. The standard InChI is InChI=1S/C19H11ClF6N2O3S/c20-15-9-11(18(21,22)23)10-27-17(15)31-13-7-5-12(6-8-13)28-32(29,30)16-4-2-1-3-14(16)19(24,25)26/h1-10,28H. The Bertz CT molecular complexity index is 1230. The number of hydrogen-bond donors (Lipinski definition) is 1. The maximum Gasteiger partial charge on any atom is 0.417 e. The number of nitrogens with zero attached hydrogens (tertiary/aromatic N) is 1. The van der Waals surface area contributed by atoms with Crippen molar-refractivity contribution in [1.82, 2.24) is 4.98 Å². The number of aromatic nitrogens is 1. The predicted molar refractivity (Wildman–Crippen MR) is 103 cm³/mol. The first-order valence-corrected chi connectivity index (χ1v) is 10.3. The molecule has 0 bridgehead atoms. The molecule has 1 heterocycles. The van der Waals surface area contributed by atoms with Gasteiger partial charge in [0, 0.05) is 11.9 Å². The summed E-state index contributed by atoms with van der Waals surface area (Å²) in [6.07, 6.45) is -8.99. The lowest BCUT2D eigenvalue weighted by Gasteiger charge is -2.14. The highest BCUT2D eigenvalue weighted by Crippen LogP contribution is 2.36. The molecule has 0 spiro atoms. The van der Waals surface area contributed by atoms with Crippen molar-refractivity contribution in [2.75, 3.05) is 4.72 Å². The van der Waals surface area contributed by atoms with Crippen molar-refractivity contribution in [2.45, 2.75) is 17.2 Å². The van der Waals surface area contributed by atoms with E-state index in [4.69, 9.17) is 16.3 Å².